The average molecular weight is 400 g/mol. The van der Waals surface area contributed by atoms with E-state index in [4.69, 9.17) is 9.47 Å². The highest BCUT2D eigenvalue weighted by Crippen LogP contribution is 2.19. The molecule has 2 rings (SSSR count). The van der Waals surface area contributed by atoms with Crippen molar-refractivity contribution in [3.8, 4) is 11.5 Å². The van der Waals surface area contributed by atoms with E-state index in [0.717, 1.165) is 12.1 Å². The minimum atomic E-state index is -4.42. The van der Waals surface area contributed by atoms with Crippen molar-refractivity contribution in [1.82, 2.24) is 10.3 Å². The van der Waals surface area contributed by atoms with Crippen LogP contribution >= 0.6 is 0 Å². The first-order valence-corrected chi connectivity index (χ1v) is 9.37. The van der Waals surface area contributed by atoms with E-state index in [1.54, 1.807) is 29.1 Å². The second kappa shape index (κ2) is 8.78. The molecule has 2 N–H and O–H groups in total. The third-order valence-electron chi connectivity index (χ3n) is 3.31. The van der Waals surface area contributed by atoms with Crippen LogP contribution in [0.5, 0.6) is 11.5 Å². The number of hydrogen-bond donors (Lipinski definition) is 2. The number of sulfonamides is 1. The van der Waals surface area contributed by atoms with Gasteiger partial charge in [0.25, 0.3) is 15.9 Å². The Hall–Kier alpha value is -2.72. The Morgan fingerprint density at radius 2 is 1.74 bits per heavy atom. The van der Waals surface area contributed by atoms with Crippen molar-refractivity contribution in [2.24, 2.45) is 0 Å². The SMILES string of the molecule is CCOc1ccc(O[C@@H](C)C(=O)NNS(=O)(=O)c2ccc(F)cc2F)cc1. The molecule has 0 aliphatic rings. The number of amides is 1. The normalized spacial score (nSPS) is 12.3. The minimum absolute atomic E-state index is 0.369. The molecule has 0 bridgehead atoms. The Bertz CT molecular complexity index is 904. The molecule has 0 aromatic heterocycles. The van der Waals surface area contributed by atoms with Crippen LogP contribution in [0.25, 0.3) is 0 Å². The van der Waals surface area contributed by atoms with E-state index in [1.807, 2.05) is 12.3 Å². The van der Waals surface area contributed by atoms with Gasteiger partial charge in [-0.2, -0.15) is 0 Å². The summed E-state index contributed by atoms with van der Waals surface area (Å²) < 4.78 is 61.2. The summed E-state index contributed by atoms with van der Waals surface area (Å²) in [6.07, 6.45) is -1.05. The van der Waals surface area contributed by atoms with Crippen LogP contribution in [0.15, 0.2) is 47.4 Å². The standard InChI is InChI=1S/C17H18F2N2O5S/c1-3-25-13-5-7-14(8-6-13)26-11(2)17(22)20-21-27(23,24)16-9-4-12(18)10-15(16)19/h4-11,21H,3H2,1-2H3,(H,20,22)/t11-/m0/s1. The van der Waals surface area contributed by atoms with Crippen molar-refractivity contribution < 1.29 is 31.5 Å². The summed E-state index contributed by atoms with van der Waals surface area (Å²) in [5.74, 6) is -2.01. The molecule has 146 valence electrons. The zero-order valence-electron chi connectivity index (χ0n) is 14.5. The van der Waals surface area contributed by atoms with Gasteiger partial charge in [-0.05, 0) is 50.2 Å². The maximum Gasteiger partial charge on any atom is 0.275 e. The lowest BCUT2D eigenvalue weighted by Crippen LogP contribution is -2.47. The van der Waals surface area contributed by atoms with Crippen LogP contribution in [-0.2, 0) is 14.8 Å². The Morgan fingerprint density at radius 3 is 2.33 bits per heavy atom. The number of nitrogens with one attached hydrogen (secondary N) is 2. The van der Waals surface area contributed by atoms with Gasteiger partial charge < -0.3 is 9.47 Å². The smallest absolute Gasteiger partial charge is 0.275 e. The average Bonchev–Trinajstić information content (AvgIpc) is 2.61. The van der Waals surface area contributed by atoms with Crippen LogP contribution < -0.4 is 19.7 Å². The molecular formula is C17H18F2N2O5S. The van der Waals surface area contributed by atoms with E-state index in [-0.39, 0.29) is 0 Å². The molecule has 27 heavy (non-hydrogen) atoms. The zero-order valence-corrected chi connectivity index (χ0v) is 15.3. The number of carbonyl (C=O) groups is 1. The number of rotatable bonds is 8. The predicted molar refractivity (Wildman–Crippen MR) is 92.5 cm³/mol. The molecule has 0 saturated heterocycles. The summed E-state index contributed by atoms with van der Waals surface area (Å²) in [4.78, 5) is 12.9. The first-order chi connectivity index (χ1) is 12.7. The summed E-state index contributed by atoms with van der Waals surface area (Å²) in [6.45, 7) is 3.75. The Labute approximate surface area is 155 Å². The van der Waals surface area contributed by atoms with Gasteiger partial charge in [-0.3, -0.25) is 10.2 Å². The van der Waals surface area contributed by atoms with Gasteiger partial charge in [-0.1, -0.05) is 0 Å². The first-order valence-electron chi connectivity index (χ1n) is 7.89. The molecule has 7 nitrogen and oxygen atoms in total. The van der Waals surface area contributed by atoms with Crippen LogP contribution in [0.1, 0.15) is 13.8 Å². The van der Waals surface area contributed by atoms with Crippen LogP contribution in [0.4, 0.5) is 8.78 Å². The highest BCUT2D eigenvalue weighted by molar-refractivity contribution is 7.89. The molecule has 0 aliphatic heterocycles. The Balaban J connectivity index is 1.95. The van der Waals surface area contributed by atoms with Crippen molar-refractivity contribution in [1.29, 1.82) is 0 Å². The topological polar surface area (TPSA) is 93.7 Å². The van der Waals surface area contributed by atoms with Crippen molar-refractivity contribution >= 4 is 15.9 Å². The summed E-state index contributed by atoms with van der Waals surface area (Å²) in [7, 11) is -4.42. The Morgan fingerprint density at radius 1 is 1.11 bits per heavy atom. The fraction of sp³-hybridized carbons (Fsp3) is 0.235. The minimum Gasteiger partial charge on any atom is -0.494 e. The lowest BCUT2D eigenvalue weighted by atomic mass is 10.3. The fourth-order valence-corrected chi connectivity index (χ4v) is 2.91. The van der Waals surface area contributed by atoms with Gasteiger partial charge in [0.15, 0.2) is 6.10 Å². The molecule has 0 unspecified atom stereocenters. The number of ether oxygens (including phenoxy) is 2. The third kappa shape index (κ3) is 5.63. The maximum absolute atomic E-state index is 13.6. The summed E-state index contributed by atoms with van der Waals surface area (Å²) in [5, 5.41) is 0. The van der Waals surface area contributed by atoms with Crippen molar-refractivity contribution in [3.63, 3.8) is 0 Å². The predicted octanol–water partition coefficient (Wildman–Crippen LogP) is 2.14. The van der Waals surface area contributed by atoms with E-state index >= 15 is 0 Å². The van der Waals surface area contributed by atoms with E-state index in [2.05, 4.69) is 0 Å². The molecule has 0 fully saturated rings. The second-order valence-electron chi connectivity index (χ2n) is 5.33. The molecule has 1 amide bonds. The highest BCUT2D eigenvalue weighted by Gasteiger charge is 2.22. The van der Waals surface area contributed by atoms with E-state index in [9.17, 15) is 22.0 Å². The zero-order chi connectivity index (χ0) is 20.0. The Kier molecular flexibility index (Phi) is 6.70. The molecule has 10 heteroatoms. The molecule has 1 atom stereocenters. The van der Waals surface area contributed by atoms with Crippen molar-refractivity contribution in [3.05, 3.63) is 54.1 Å². The first kappa shape index (κ1) is 20.6. The van der Waals surface area contributed by atoms with Crippen LogP contribution in [0, 0.1) is 11.6 Å². The van der Waals surface area contributed by atoms with Gasteiger partial charge in [0.1, 0.15) is 28.0 Å². The monoisotopic (exact) mass is 400 g/mol. The summed E-state index contributed by atoms with van der Waals surface area (Å²) in [6, 6.07) is 8.46. The summed E-state index contributed by atoms with van der Waals surface area (Å²) >= 11 is 0. The maximum atomic E-state index is 13.6. The highest BCUT2D eigenvalue weighted by atomic mass is 32.2. The van der Waals surface area contributed by atoms with E-state index in [0.29, 0.717) is 24.2 Å². The van der Waals surface area contributed by atoms with Gasteiger partial charge >= 0.3 is 0 Å². The molecule has 0 spiro atoms. The molecular weight excluding hydrogens is 382 g/mol. The van der Waals surface area contributed by atoms with Crippen LogP contribution in [-0.4, -0.2) is 27.0 Å². The quantitative estimate of drug-likeness (QED) is 0.663. The van der Waals surface area contributed by atoms with Gasteiger partial charge in [-0.15, -0.1) is 4.83 Å². The molecule has 2 aromatic carbocycles. The van der Waals surface area contributed by atoms with Gasteiger partial charge in [0, 0.05) is 6.07 Å². The summed E-state index contributed by atoms with van der Waals surface area (Å²) in [5.41, 5.74) is 1.93. The number of halogens is 2. The third-order valence-corrected chi connectivity index (χ3v) is 4.59. The lowest BCUT2D eigenvalue weighted by molar-refractivity contribution is -0.127. The van der Waals surface area contributed by atoms with Crippen LogP contribution in [0.2, 0.25) is 0 Å². The van der Waals surface area contributed by atoms with Gasteiger partial charge in [0.2, 0.25) is 0 Å². The fourth-order valence-electron chi connectivity index (χ4n) is 2.01. The van der Waals surface area contributed by atoms with E-state index < -0.39 is 38.6 Å². The largest absolute Gasteiger partial charge is 0.494 e. The number of benzene rings is 2. The molecule has 0 aliphatic carbocycles. The van der Waals surface area contributed by atoms with Crippen LogP contribution in [0.3, 0.4) is 0 Å². The number of hydrogen-bond acceptors (Lipinski definition) is 5. The number of hydrazine groups is 1. The van der Waals surface area contributed by atoms with Crippen molar-refractivity contribution in [2.75, 3.05) is 6.61 Å². The molecule has 0 saturated carbocycles. The lowest BCUT2D eigenvalue weighted by Gasteiger charge is -2.15. The second-order valence-corrected chi connectivity index (χ2v) is 6.98. The molecule has 2 aromatic rings. The van der Waals surface area contributed by atoms with Gasteiger partial charge in [-0.25, -0.2) is 17.2 Å². The molecule has 0 heterocycles. The van der Waals surface area contributed by atoms with E-state index in [1.165, 1.54) is 6.92 Å². The number of carbonyl (C=O) groups excluding carboxylic acids is 1. The van der Waals surface area contributed by atoms with Crippen molar-refractivity contribution in [2.45, 2.75) is 24.8 Å². The molecule has 0 radical (unpaired) electrons. The van der Waals surface area contributed by atoms with Gasteiger partial charge in [0.05, 0.1) is 6.61 Å².